The maximum absolute atomic E-state index is 11.9. The van der Waals surface area contributed by atoms with Crippen molar-refractivity contribution >= 4 is 35.8 Å². The van der Waals surface area contributed by atoms with Crippen LogP contribution in [0, 0.1) is 5.41 Å². The van der Waals surface area contributed by atoms with E-state index in [0.29, 0.717) is 13.1 Å². The Kier molecular flexibility index (Phi) is 11.6. The third kappa shape index (κ3) is 9.80. The smallest absolute Gasteiger partial charge is 0.225 e. The van der Waals surface area contributed by atoms with Crippen LogP contribution < -0.4 is 16.0 Å². The lowest BCUT2D eigenvalue weighted by Gasteiger charge is -2.26. The normalized spacial score (nSPS) is 15.4. The van der Waals surface area contributed by atoms with Gasteiger partial charge in [-0.05, 0) is 37.1 Å². The minimum absolute atomic E-state index is 0. The Morgan fingerprint density at radius 2 is 1.55 bits per heavy atom. The van der Waals surface area contributed by atoms with Gasteiger partial charge in [0.05, 0.1) is 0 Å². The molecule has 0 spiro atoms. The quantitative estimate of drug-likeness (QED) is 0.226. The summed E-state index contributed by atoms with van der Waals surface area (Å²) in [5, 5.41) is 9.48. The molecule has 0 saturated carbocycles. The Labute approximate surface area is 193 Å². The highest BCUT2D eigenvalue weighted by Crippen LogP contribution is 2.14. The van der Waals surface area contributed by atoms with E-state index in [1.165, 1.54) is 43.5 Å². The van der Waals surface area contributed by atoms with Crippen LogP contribution in [0.2, 0.25) is 0 Å². The second-order valence-electron chi connectivity index (χ2n) is 8.51. The fourth-order valence-electron chi connectivity index (χ4n) is 3.17. The molecule has 6 nitrogen and oxygen atoms in total. The summed E-state index contributed by atoms with van der Waals surface area (Å²) in [6, 6.07) is 8.82. The Morgan fingerprint density at radius 1 is 0.966 bits per heavy atom. The summed E-state index contributed by atoms with van der Waals surface area (Å²) in [5.74, 6) is 0.796. The second kappa shape index (κ2) is 13.1. The first-order valence-corrected chi connectivity index (χ1v) is 10.4. The van der Waals surface area contributed by atoms with Crippen molar-refractivity contribution in [2.24, 2.45) is 10.4 Å². The number of hydrogen-bond acceptors (Lipinski definition) is 3. The van der Waals surface area contributed by atoms with E-state index in [2.05, 4.69) is 50.1 Å². The third-order valence-electron chi connectivity index (χ3n) is 4.95. The number of piperidine rings is 1. The van der Waals surface area contributed by atoms with Crippen LogP contribution in [0.5, 0.6) is 0 Å². The fourth-order valence-corrected chi connectivity index (χ4v) is 3.17. The monoisotopic (exact) mass is 515 g/mol. The largest absolute Gasteiger partial charge is 0.355 e. The van der Waals surface area contributed by atoms with Crippen molar-refractivity contribution in [1.29, 1.82) is 0 Å². The highest BCUT2D eigenvalue weighted by Gasteiger charge is 2.20. The topological polar surface area (TPSA) is 68.8 Å². The van der Waals surface area contributed by atoms with E-state index in [4.69, 9.17) is 0 Å². The first-order chi connectivity index (χ1) is 13.4. The van der Waals surface area contributed by atoms with Crippen LogP contribution in [0.3, 0.4) is 0 Å². The van der Waals surface area contributed by atoms with Crippen molar-refractivity contribution in [3.63, 3.8) is 0 Å². The van der Waals surface area contributed by atoms with Gasteiger partial charge in [-0.1, -0.05) is 51.5 Å². The average molecular weight is 515 g/mol. The molecular formula is C22H38IN5O. The number of carbonyl (C=O) groups is 1. The number of benzene rings is 1. The molecule has 0 radical (unpaired) electrons. The number of halogens is 1. The molecule has 1 amide bonds. The van der Waals surface area contributed by atoms with Gasteiger partial charge in [0.25, 0.3) is 0 Å². The molecular weight excluding hydrogens is 477 g/mol. The van der Waals surface area contributed by atoms with Crippen LogP contribution in [0.1, 0.15) is 51.2 Å². The lowest BCUT2D eigenvalue weighted by Crippen LogP contribution is -2.43. The van der Waals surface area contributed by atoms with E-state index >= 15 is 0 Å². The van der Waals surface area contributed by atoms with Gasteiger partial charge in [0, 0.05) is 38.6 Å². The van der Waals surface area contributed by atoms with E-state index in [9.17, 15) is 4.79 Å². The molecule has 3 N–H and O–H groups in total. The van der Waals surface area contributed by atoms with Crippen LogP contribution in [0.25, 0.3) is 0 Å². The van der Waals surface area contributed by atoms with Gasteiger partial charge in [0.1, 0.15) is 0 Å². The predicted octanol–water partition coefficient (Wildman–Crippen LogP) is 3.12. The Balaban J connectivity index is 0.00000420. The summed E-state index contributed by atoms with van der Waals surface area (Å²) in [7, 11) is 1.75. The van der Waals surface area contributed by atoms with Gasteiger partial charge in [0.2, 0.25) is 5.91 Å². The Hall–Kier alpha value is -1.35. The van der Waals surface area contributed by atoms with Crippen molar-refractivity contribution in [1.82, 2.24) is 20.9 Å². The molecule has 1 fully saturated rings. The first kappa shape index (κ1) is 25.7. The summed E-state index contributed by atoms with van der Waals surface area (Å²) in [6.45, 7) is 11.2. The van der Waals surface area contributed by atoms with Crippen molar-refractivity contribution in [2.45, 2.75) is 53.1 Å². The minimum Gasteiger partial charge on any atom is -0.355 e. The lowest BCUT2D eigenvalue weighted by atomic mass is 9.96. The summed E-state index contributed by atoms with van der Waals surface area (Å²) in [4.78, 5) is 18.6. The molecule has 164 valence electrons. The van der Waals surface area contributed by atoms with Crippen LogP contribution >= 0.6 is 24.0 Å². The van der Waals surface area contributed by atoms with E-state index in [1.807, 2.05) is 20.8 Å². The molecule has 1 saturated heterocycles. The van der Waals surface area contributed by atoms with Crippen molar-refractivity contribution in [3.05, 3.63) is 35.4 Å². The zero-order valence-corrected chi connectivity index (χ0v) is 20.7. The maximum atomic E-state index is 11.9. The molecule has 0 aromatic heterocycles. The SMILES string of the molecule is CN=C(NCCNC(=O)C(C)(C)C)NCc1ccc(CN2CCCCC2)cc1.I. The first-order valence-electron chi connectivity index (χ1n) is 10.4. The van der Waals surface area contributed by atoms with E-state index < -0.39 is 0 Å². The van der Waals surface area contributed by atoms with Gasteiger partial charge in [0.15, 0.2) is 5.96 Å². The van der Waals surface area contributed by atoms with E-state index in [0.717, 1.165) is 19.0 Å². The number of hydrogen-bond donors (Lipinski definition) is 3. The number of nitrogens with one attached hydrogen (secondary N) is 3. The molecule has 1 aliphatic rings. The summed E-state index contributed by atoms with van der Waals surface area (Å²) < 4.78 is 0. The summed E-state index contributed by atoms with van der Waals surface area (Å²) >= 11 is 0. The molecule has 0 bridgehead atoms. The standard InChI is InChI=1S/C22H37N5O.HI/c1-22(2,3)20(28)24-12-13-25-21(23-4)26-16-18-8-10-19(11-9-18)17-27-14-6-5-7-15-27;/h8-11H,5-7,12-17H2,1-4H3,(H,24,28)(H2,23,25,26);1H. The fraction of sp³-hybridized carbons (Fsp3) is 0.636. The number of aliphatic imine (C=N–C) groups is 1. The van der Waals surface area contributed by atoms with Crippen LogP contribution in [0.15, 0.2) is 29.3 Å². The van der Waals surface area contributed by atoms with Gasteiger partial charge in [-0.2, -0.15) is 0 Å². The number of nitrogens with zero attached hydrogens (tertiary/aromatic N) is 2. The second-order valence-corrected chi connectivity index (χ2v) is 8.51. The molecule has 7 heteroatoms. The zero-order valence-electron chi connectivity index (χ0n) is 18.4. The number of rotatable bonds is 7. The molecule has 0 aliphatic carbocycles. The number of carbonyl (C=O) groups excluding carboxylic acids is 1. The van der Waals surface area contributed by atoms with Crippen LogP contribution in [-0.4, -0.2) is 50.0 Å². The molecule has 29 heavy (non-hydrogen) atoms. The molecule has 1 heterocycles. The highest BCUT2D eigenvalue weighted by atomic mass is 127. The van der Waals surface area contributed by atoms with E-state index in [1.54, 1.807) is 7.05 Å². The molecule has 1 aliphatic heterocycles. The third-order valence-corrected chi connectivity index (χ3v) is 4.95. The van der Waals surface area contributed by atoms with Gasteiger partial charge in [-0.15, -0.1) is 24.0 Å². The Morgan fingerprint density at radius 3 is 2.14 bits per heavy atom. The van der Waals surface area contributed by atoms with Crippen LogP contribution in [0.4, 0.5) is 0 Å². The minimum atomic E-state index is -0.361. The summed E-state index contributed by atoms with van der Waals surface area (Å²) in [5.41, 5.74) is 2.24. The maximum Gasteiger partial charge on any atom is 0.225 e. The highest BCUT2D eigenvalue weighted by molar-refractivity contribution is 14.0. The van der Waals surface area contributed by atoms with Gasteiger partial charge < -0.3 is 16.0 Å². The molecule has 1 aromatic carbocycles. The van der Waals surface area contributed by atoms with Gasteiger partial charge in [-0.25, -0.2) is 0 Å². The summed E-state index contributed by atoms with van der Waals surface area (Å²) in [6.07, 6.45) is 4.03. The van der Waals surface area contributed by atoms with E-state index in [-0.39, 0.29) is 35.3 Å². The van der Waals surface area contributed by atoms with Gasteiger partial charge in [-0.3, -0.25) is 14.7 Å². The van der Waals surface area contributed by atoms with Crippen molar-refractivity contribution in [2.75, 3.05) is 33.2 Å². The zero-order chi connectivity index (χ0) is 20.4. The number of amides is 1. The average Bonchev–Trinajstić information content (AvgIpc) is 2.68. The molecule has 1 aromatic rings. The van der Waals surface area contributed by atoms with Crippen LogP contribution in [-0.2, 0) is 17.9 Å². The number of likely N-dealkylation sites (tertiary alicyclic amines) is 1. The van der Waals surface area contributed by atoms with Crippen molar-refractivity contribution < 1.29 is 4.79 Å². The predicted molar refractivity (Wildman–Crippen MR) is 132 cm³/mol. The molecule has 0 unspecified atom stereocenters. The van der Waals surface area contributed by atoms with Crippen molar-refractivity contribution in [3.8, 4) is 0 Å². The van der Waals surface area contributed by atoms with Gasteiger partial charge >= 0.3 is 0 Å². The Bertz CT molecular complexity index is 634. The molecule has 0 atom stereocenters. The molecule has 2 rings (SSSR count). The lowest BCUT2D eigenvalue weighted by molar-refractivity contribution is -0.128. The number of guanidine groups is 1.